The molecule has 0 radical (unpaired) electrons. The van der Waals surface area contributed by atoms with Gasteiger partial charge in [-0.1, -0.05) is 25.3 Å². The Kier molecular flexibility index (Phi) is 8.48. The first-order valence-electron chi connectivity index (χ1n) is 12.9. The number of amides is 1. The Bertz CT molecular complexity index is 1630. The van der Waals surface area contributed by atoms with E-state index in [1.54, 1.807) is 29.2 Å². The zero-order valence-corrected chi connectivity index (χ0v) is 22.3. The number of anilines is 1. The molecule has 0 saturated heterocycles. The summed E-state index contributed by atoms with van der Waals surface area (Å²) in [5, 5.41) is 16.3. The molecule has 2 N–H and O–H groups in total. The van der Waals surface area contributed by atoms with Crippen molar-refractivity contribution in [2.24, 2.45) is 0 Å². The van der Waals surface area contributed by atoms with E-state index in [1.165, 1.54) is 37.1 Å². The number of hydrogen-bond acceptors (Lipinski definition) is 7. The highest BCUT2D eigenvalue weighted by atomic mass is 32.2. The number of carbonyl (C=O) groups is 1. The second-order valence-corrected chi connectivity index (χ2v) is 10.6. The monoisotopic (exact) mass is 560 g/mol. The predicted molar refractivity (Wildman–Crippen MR) is 149 cm³/mol. The van der Waals surface area contributed by atoms with Gasteiger partial charge in [0, 0.05) is 22.2 Å². The summed E-state index contributed by atoms with van der Waals surface area (Å²) in [5.41, 5.74) is 1.71. The highest BCUT2D eigenvalue weighted by Gasteiger charge is 2.20. The number of halogens is 2. The summed E-state index contributed by atoms with van der Waals surface area (Å²) in [5.74, 6) is -2.15. The lowest BCUT2D eigenvalue weighted by Crippen LogP contribution is -2.36. The summed E-state index contributed by atoms with van der Waals surface area (Å²) in [4.78, 5) is 32.0. The van der Waals surface area contributed by atoms with Gasteiger partial charge < -0.3 is 4.90 Å². The normalized spacial score (nSPS) is 13.7. The van der Waals surface area contributed by atoms with E-state index in [2.05, 4.69) is 26.0 Å². The zero-order chi connectivity index (χ0) is 28.1. The summed E-state index contributed by atoms with van der Waals surface area (Å²) < 4.78 is 30.4. The van der Waals surface area contributed by atoms with Gasteiger partial charge in [0.1, 0.15) is 6.07 Å². The van der Waals surface area contributed by atoms with E-state index < -0.39 is 17.2 Å². The molecule has 1 amide bonds. The smallest absolute Gasteiger partial charge is 0.272 e. The quantitative estimate of drug-likeness (QED) is 0.279. The second-order valence-electron chi connectivity index (χ2n) is 9.67. The average Bonchev–Trinajstić information content (AvgIpc) is 2.98. The van der Waals surface area contributed by atoms with Crippen molar-refractivity contribution < 1.29 is 13.6 Å². The van der Waals surface area contributed by atoms with Crippen molar-refractivity contribution in [3.8, 4) is 6.07 Å². The van der Waals surface area contributed by atoms with Crippen molar-refractivity contribution >= 4 is 34.3 Å². The molecule has 0 unspecified atom stereocenters. The van der Waals surface area contributed by atoms with Crippen LogP contribution in [0.25, 0.3) is 10.8 Å². The Morgan fingerprint density at radius 1 is 1.12 bits per heavy atom. The van der Waals surface area contributed by atoms with Gasteiger partial charge in [-0.15, -0.1) is 0 Å². The van der Waals surface area contributed by atoms with Crippen molar-refractivity contribution in [3.05, 3.63) is 93.7 Å². The Hall–Kier alpha value is -4.14. The average molecular weight is 561 g/mol. The van der Waals surface area contributed by atoms with Gasteiger partial charge in [-0.05, 0) is 72.7 Å². The minimum Gasteiger partial charge on any atom is -0.305 e. The minimum atomic E-state index is -1.21. The van der Waals surface area contributed by atoms with E-state index in [4.69, 9.17) is 5.26 Å². The molecule has 0 aliphatic heterocycles. The fraction of sp³-hybridized carbons (Fsp3) is 0.276. The topological polar surface area (TPSA) is 115 Å². The first-order chi connectivity index (χ1) is 19.4. The van der Waals surface area contributed by atoms with Crippen LogP contribution in [0.2, 0.25) is 0 Å². The number of nitrogens with one attached hydrogen (secondary N) is 2. The third-order valence-electron chi connectivity index (χ3n) is 7.04. The number of fused-ring (bicyclic) bond motifs is 1. The van der Waals surface area contributed by atoms with Crippen molar-refractivity contribution in [2.45, 2.75) is 49.5 Å². The summed E-state index contributed by atoms with van der Waals surface area (Å²) >= 11 is 0.916. The molecule has 4 aromatic rings. The van der Waals surface area contributed by atoms with Gasteiger partial charge in [-0.25, -0.2) is 13.9 Å². The number of nitriles is 1. The molecule has 204 valence electrons. The number of aromatic amines is 1. The first-order valence-corrected chi connectivity index (χ1v) is 13.8. The second kappa shape index (κ2) is 12.4. The van der Waals surface area contributed by atoms with E-state index in [9.17, 15) is 18.4 Å². The molecule has 5 rings (SSSR count). The van der Waals surface area contributed by atoms with Gasteiger partial charge in [0.25, 0.3) is 5.56 Å². The zero-order valence-electron chi connectivity index (χ0n) is 21.5. The Morgan fingerprint density at radius 2 is 1.95 bits per heavy atom. The van der Waals surface area contributed by atoms with Crippen LogP contribution in [-0.2, 0) is 11.3 Å². The number of carbonyl (C=O) groups excluding carboxylic acids is 1. The lowest BCUT2D eigenvalue weighted by atomic mass is 9.85. The lowest BCUT2D eigenvalue weighted by molar-refractivity contribution is -0.117. The highest BCUT2D eigenvalue weighted by molar-refractivity contribution is 7.97. The van der Waals surface area contributed by atoms with Crippen LogP contribution in [-0.4, -0.2) is 27.6 Å². The Balaban J connectivity index is 1.36. The van der Waals surface area contributed by atoms with Gasteiger partial charge in [0.05, 0.1) is 35.9 Å². The SMILES string of the molecule is N#Cc1cc(SNCC(=O)N(Cc2ccc(C3CCCCC3)cn2)c2ccc3c(=O)[nH]ncc3c2)cc(F)c1F. The molecular formula is C29H26F2N6O2S. The summed E-state index contributed by atoms with van der Waals surface area (Å²) in [6.07, 6.45) is 9.45. The van der Waals surface area contributed by atoms with Crippen LogP contribution in [0.3, 0.4) is 0 Å². The van der Waals surface area contributed by atoms with E-state index in [1.807, 2.05) is 12.3 Å². The molecular weight excluding hydrogens is 534 g/mol. The van der Waals surface area contributed by atoms with E-state index in [0.29, 0.717) is 28.1 Å². The van der Waals surface area contributed by atoms with Crippen LogP contribution in [0, 0.1) is 23.0 Å². The van der Waals surface area contributed by atoms with Crippen molar-refractivity contribution in [2.75, 3.05) is 11.4 Å². The number of hydrogen-bond donors (Lipinski definition) is 2. The Labute approximate surface area is 233 Å². The maximum absolute atomic E-state index is 13.8. The minimum absolute atomic E-state index is 0.155. The fourth-order valence-corrected chi connectivity index (χ4v) is 5.63. The summed E-state index contributed by atoms with van der Waals surface area (Å²) in [6, 6.07) is 12.8. The van der Waals surface area contributed by atoms with Gasteiger partial charge >= 0.3 is 0 Å². The molecule has 2 aromatic carbocycles. The molecule has 1 fully saturated rings. The number of H-pyrrole nitrogens is 1. The molecule has 1 aliphatic carbocycles. The van der Waals surface area contributed by atoms with Crippen LogP contribution in [0.4, 0.5) is 14.5 Å². The predicted octanol–water partition coefficient (Wildman–Crippen LogP) is 5.35. The molecule has 11 heteroatoms. The largest absolute Gasteiger partial charge is 0.305 e. The maximum atomic E-state index is 13.8. The number of aromatic nitrogens is 3. The van der Waals surface area contributed by atoms with Crippen LogP contribution in [0.5, 0.6) is 0 Å². The number of benzene rings is 2. The molecule has 2 heterocycles. The van der Waals surface area contributed by atoms with Gasteiger partial charge in [0.2, 0.25) is 5.91 Å². The van der Waals surface area contributed by atoms with Crippen LogP contribution < -0.4 is 15.2 Å². The molecule has 2 aromatic heterocycles. The number of nitrogens with zero attached hydrogens (tertiary/aromatic N) is 4. The van der Waals surface area contributed by atoms with Crippen molar-refractivity contribution in [1.29, 1.82) is 5.26 Å². The van der Waals surface area contributed by atoms with Gasteiger partial charge in [0.15, 0.2) is 11.6 Å². The molecule has 40 heavy (non-hydrogen) atoms. The van der Waals surface area contributed by atoms with Crippen molar-refractivity contribution in [1.82, 2.24) is 19.9 Å². The van der Waals surface area contributed by atoms with Crippen molar-refractivity contribution in [3.63, 3.8) is 0 Å². The molecule has 8 nitrogen and oxygen atoms in total. The third kappa shape index (κ3) is 6.19. The summed E-state index contributed by atoms with van der Waals surface area (Å²) in [7, 11) is 0. The summed E-state index contributed by atoms with van der Waals surface area (Å²) in [6.45, 7) is 0.0272. The molecule has 1 aliphatic rings. The van der Waals surface area contributed by atoms with Gasteiger partial charge in [-0.3, -0.25) is 19.3 Å². The van der Waals surface area contributed by atoms with Crippen LogP contribution in [0.1, 0.15) is 54.8 Å². The molecule has 0 atom stereocenters. The third-order valence-corrected chi connectivity index (χ3v) is 7.80. The van der Waals surface area contributed by atoms with Crippen LogP contribution >= 0.6 is 11.9 Å². The molecule has 0 spiro atoms. The Morgan fingerprint density at radius 3 is 2.70 bits per heavy atom. The van der Waals surface area contributed by atoms with Gasteiger partial charge in [-0.2, -0.15) is 10.4 Å². The van der Waals surface area contributed by atoms with Crippen LogP contribution in [0.15, 0.2) is 64.5 Å². The lowest BCUT2D eigenvalue weighted by Gasteiger charge is -2.24. The van der Waals surface area contributed by atoms with E-state index in [0.717, 1.165) is 30.9 Å². The number of rotatable bonds is 8. The van der Waals surface area contributed by atoms with E-state index in [-0.39, 0.29) is 29.5 Å². The highest BCUT2D eigenvalue weighted by Crippen LogP contribution is 2.32. The van der Waals surface area contributed by atoms with E-state index >= 15 is 0 Å². The number of pyridine rings is 1. The molecule has 1 saturated carbocycles. The standard InChI is InChI=1S/C29H26F2N6O2S/c30-26-12-24(11-20(13-32)28(26)31)40-35-16-27(38)37(23-8-9-25-21(10-23)15-34-36-29(25)39)17-22-7-6-19(14-33-22)18-4-2-1-3-5-18/h6-12,14-15,18,35H,1-5,16-17H2,(H,36,39). The fourth-order valence-electron chi connectivity index (χ4n) is 4.93. The maximum Gasteiger partial charge on any atom is 0.272 e. The first kappa shape index (κ1) is 27.4. The molecule has 0 bridgehead atoms.